The lowest BCUT2D eigenvalue weighted by molar-refractivity contribution is 0.156. The minimum atomic E-state index is 0.247. The molecule has 0 saturated heterocycles. The molecular formula is C19H23N. The fourth-order valence-corrected chi connectivity index (χ4v) is 3.94. The molecule has 1 aliphatic carbocycles. The van der Waals surface area contributed by atoms with Crippen molar-refractivity contribution in [1.82, 2.24) is 4.98 Å². The summed E-state index contributed by atoms with van der Waals surface area (Å²) in [6.45, 7) is 4.70. The molecule has 3 rings (SSSR count). The second-order valence-electron chi connectivity index (χ2n) is 6.36. The van der Waals surface area contributed by atoms with Gasteiger partial charge in [0, 0.05) is 17.3 Å². The molecule has 0 spiro atoms. The molecule has 20 heavy (non-hydrogen) atoms. The molecule has 2 aromatic rings. The molecule has 1 heterocycles. The smallest absolute Gasteiger partial charge is 0.0471 e. The van der Waals surface area contributed by atoms with E-state index >= 15 is 0 Å². The van der Waals surface area contributed by atoms with Crippen LogP contribution >= 0.6 is 0 Å². The van der Waals surface area contributed by atoms with Crippen LogP contribution in [0.5, 0.6) is 0 Å². The standard InChI is InChI=1S/C19H23N/c1-15(2)18(16-9-4-3-5-10-16)19(12-8-13-19)17-11-6-7-14-20-17/h3-7,9-11,14-15,18H,8,12-13H2,1-2H3. The summed E-state index contributed by atoms with van der Waals surface area (Å²) in [7, 11) is 0. The summed E-state index contributed by atoms with van der Waals surface area (Å²) < 4.78 is 0. The van der Waals surface area contributed by atoms with Gasteiger partial charge in [-0.15, -0.1) is 0 Å². The van der Waals surface area contributed by atoms with Crippen LogP contribution in [0.4, 0.5) is 0 Å². The molecule has 1 heteroatoms. The summed E-state index contributed by atoms with van der Waals surface area (Å²) in [5, 5.41) is 0. The molecule has 104 valence electrons. The predicted octanol–water partition coefficient (Wildman–Crippen LogP) is 4.94. The van der Waals surface area contributed by atoms with Crippen molar-refractivity contribution in [2.75, 3.05) is 0 Å². The highest BCUT2D eigenvalue weighted by Gasteiger charge is 2.47. The molecule has 0 bridgehead atoms. The lowest BCUT2D eigenvalue weighted by atomic mass is 9.55. The van der Waals surface area contributed by atoms with Gasteiger partial charge in [-0.2, -0.15) is 0 Å². The van der Waals surface area contributed by atoms with Gasteiger partial charge >= 0.3 is 0 Å². The third kappa shape index (κ3) is 2.15. The number of aromatic nitrogens is 1. The van der Waals surface area contributed by atoms with Crippen LogP contribution < -0.4 is 0 Å². The van der Waals surface area contributed by atoms with Gasteiger partial charge in [0.15, 0.2) is 0 Å². The van der Waals surface area contributed by atoms with E-state index in [1.807, 2.05) is 12.3 Å². The summed E-state index contributed by atoms with van der Waals surface area (Å²) in [5.74, 6) is 1.19. The van der Waals surface area contributed by atoms with Crippen LogP contribution in [0.25, 0.3) is 0 Å². The summed E-state index contributed by atoms with van der Waals surface area (Å²) in [6, 6.07) is 17.4. The fourth-order valence-electron chi connectivity index (χ4n) is 3.94. The minimum Gasteiger partial charge on any atom is -0.261 e. The maximum Gasteiger partial charge on any atom is 0.0471 e. The van der Waals surface area contributed by atoms with E-state index in [0.717, 1.165) is 0 Å². The lowest BCUT2D eigenvalue weighted by Gasteiger charge is -2.49. The summed E-state index contributed by atoms with van der Waals surface area (Å²) in [6.07, 6.45) is 5.80. The molecule has 1 atom stereocenters. The van der Waals surface area contributed by atoms with E-state index in [1.165, 1.54) is 30.5 Å². The van der Waals surface area contributed by atoms with Crippen LogP contribution in [-0.2, 0) is 5.41 Å². The van der Waals surface area contributed by atoms with Gasteiger partial charge in [0.05, 0.1) is 0 Å². The average Bonchev–Trinajstić information content (AvgIpc) is 2.44. The van der Waals surface area contributed by atoms with E-state index in [4.69, 9.17) is 4.98 Å². The Labute approximate surface area is 122 Å². The monoisotopic (exact) mass is 265 g/mol. The van der Waals surface area contributed by atoms with Crippen LogP contribution in [0.2, 0.25) is 0 Å². The molecule has 0 amide bonds. The Morgan fingerprint density at radius 2 is 1.65 bits per heavy atom. The van der Waals surface area contributed by atoms with Crippen LogP contribution in [0.1, 0.15) is 50.3 Å². The van der Waals surface area contributed by atoms with E-state index in [1.54, 1.807) is 0 Å². The summed E-state index contributed by atoms with van der Waals surface area (Å²) in [5.41, 5.74) is 3.00. The second-order valence-corrected chi connectivity index (χ2v) is 6.36. The molecule has 1 aromatic heterocycles. The van der Waals surface area contributed by atoms with Gasteiger partial charge in [0.25, 0.3) is 0 Å². The van der Waals surface area contributed by atoms with Crippen molar-refractivity contribution >= 4 is 0 Å². The zero-order valence-corrected chi connectivity index (χ0v) is 12.4. The van der Waals surface area contributed by atoms with Crippen molar-refractivity contribution in [3.8, 4) is 0 Å². The first-order chi connectivity index (χ1) is 9.74. The predicted molar refractivity (Wildman–Crippen MR) is 83.8 cm³/mol. The van der Waals surface area contributed by atoms with E-state index in [9.17, 15) is 0 Å². The van der Waals surface area contributed by atoms with Gasteiger partial charge in [-0.25, -0.2) is 0 Å². The van der Waals surface area contributed by atoms with Crippen molar-refractivity contribution < 1.29 is 0 Å². The highest BCUT2D eigenvalue weighted by molar-refractivity contribution is 5.33. The van der Waals surface area contributed by atoms with E-state index in [0.29, 0.717) is 11.8 Å². The fraction of sp³-hybridized carbons (Fsp3) is 0.421. The molecule has 1 nitrogen and oxygen atoms in total. The summed E-state index contributed by atoms with van der Waals surface area (Å²) >= 11 is 0. The average molecular weight is 265 g/mol. The molecule has 0 radical (unpaired) electrons. The molecule has 0 N–H and O–H groups in total. The van der Waals surface area contributed by atoms with Crippen LogP contribution in [-0.4, -0.2) is 4.98 Å². The molecule has 1 aromatic carbocycles. The van der Waals surface area contributed by atoms with Gasteiger partial charge in [0.1, 0.15) is 0 Å². The van der Waals surface area contributed by atoms with E-state index in [2.05, 4.69) is 56.3 Å². The zero-order valence-electron chi connectivity index (χ0n) is 12.4. The van der Waals surface area contributed by atoms with Gasteiger partial charge in [0.2, 0.25) is 0 Å². The number of benzene rings is 1. The van der Waals surface area contributed by atoms with Crippen LogP contribution in [0.15, 0.2) is 54.7 Å². The van der Waals surface area contributed by atoms with Gasteiger partial charge in [-0.1, -0.05) is 56.7 Å². The molecular weight excluding hydrogens is 242 g/mol. The highest BCUT2D eigenvalue weighted by atomic mass is 14.7. The largest absolute Gasteiger partial charge is 0.261 e. The summed E-state index contributed by atoms with van der Waals surface area (Å²) in [4.78, 5) is 4.70. The number of hydrogen-bond donors (Lipinski definition) is 0. The van der Waals surface area contributed by atoms with Crippen LogP contribution in [0, 0.1) is 5.92 Å². The number of hydrogen-bond acceptors (Lipinski definition) is 1. The Balaban J connectivity index is 2.06. The SMILES string of the molecule is CC(C)C(c1ccccc1)C1(c2ccccn2)CCC1. The number of pyridine rings is 1. The van der Waals surface area contributed by atoms with Crippen molar-refractivity contribution in [2.45, 2.75) is 44.4 Å². The molecule has 1 aliphatic rings. The third-order valence-electron chi connectivity index (χ3n) is 4.84. The third-order valence-corrected chi connectivity index (χ3v) is 4.84. The Hall–Kier alpha value is -1.63. The van der Waals surface area contributed by atoms with Gasteiger partial charge < -0.3 is 0 Å². The maximum atomic E-state index is 4.70. The van der Waals surface area contributed by atoms with Crippen molar-refractivity contribution in [3.05, 3.63) is 66.0 Å². The Kier molecular flexibility index (Phi) is 3.60. The Bertz CT molecular complexity index is 540. The van der Waals surface area contributed by atoms with Gasteiger partial charge in [-0.3, -0.25) is 4.98 Å². The molecule has 1 fully saturated rings. The first kappa shape index (κ1) is 13.4. The van der Waals surface area contributed by atoms with E-state index in [-0.39, 0.29) is 5.41 Å². The number of nitrogens with zero attached hydrogens (tertiary/aromatic N) is 1. The van der Waals surface area contributed by atoms with Crippen LogP contribution in [0.3, 0.4) is 0 Å². The molecule has 1 unspecified atom stereocenters. The highest BCUT2D eigenvalue weighted by Crippen LogP contribution is 2.55. The van der Waals surface area contributed by atoms with E-state index < -0.39 is 0 Å². The first-order valence-corrected chi connectivity index (χ1v) is 7.70. The van der Waals surface area contributed by atoms with Crippen molar-refractivity contribution in [1.29, 1.82) is 0 Å². The quantitative estimate of drug-likeness (QED) is 0.762. The van der Waals surface area contributed by atoms with Crippen molar-refractivity contribution in [2.24, 2.45) is 5.92 Å². The lowest BCUT2D eigenvalue weighted by Crippen LogP contribution is -2.43. The zero-order chi connectivity index (χ0) is 14.0. The Morgan fingerprint density at radius 1 is 0.950 bits per heavy atom. The minimum absolute atomic E-state index is 0.247. The Morgan fingerprint density at radius 3 is 2.15 bits per heavy atom. The normalized spacial score (nSPS) is 18.6. The van der Waals surface area contributed by atoms with Crippen molar-refractivity contribution in [3.63, 3.8) is 0 Å². The molecule has 0 aliphatic heterocycles. The topological polar surface area (TPSA) is 12.9 Å². The first-order valence-electron chi connectivity index (χ1n) is 7.70. The van der Waals surface area contributed by atoms with Gasteiger partial charge in [-0.05, 0) is 42.4 Å². The maximum absolute atomic E-state index is 4.70. The number of rotatable bonds is 4. The molecule has 1 saturated carbocycles. The second kappa shape index (κ2) is 5.40.